The molecule has 75 valence electrons. The minimum absolute atomic E-state index is 0.219. The van der Waals surface area contributed by atoms with Crippen LogP contribution in [-0.4, -0.2) is 5.97 Å². The van der Waals surface area contributed by atoms with Crippen molar-refractivity contribution in [1.82, 2.24) is 0 Å². The molecule has 0 amide bonds. The first-order valence-corrected chi connectivity index (χ1v) is 4.60. The Morgan fingerprint density at radius 3 is 2.57 bits per heavy atom. The van der Waals surface area contributed by atoms with Gasteiger partial charge in [0.05, 0.1) is 5.41 Å². The van der Waals surface area contributed by atoms with Gasteiger partial charge in [-0.2, -0.15) is 0 Å². The minimum Gasteiger partial charge on any atom is -0.426 e. The highest BCUT2D eigenvalue weighted by molar-refractivity contribution is 5.77. The molecular formula is C12H15O2. The van der Waals surface area contributed by atoms with Crippen molar-refractivity contribution in [3.05, 3.63) is 29.8 Å². The second-order valence-corrected chi connectivity index (χ2v) is 4.35. The maximum absolute atomic E-state index is 11.5. The summed E-state index contributed by atoms with van der Waals surface area (Å²) in [4.78, 5) is 11.5. The van der Waals surface area contributed by atoms with Crippen molar-refractivity contribution >= 4 is 5.97 Å². The van der Waals surface area contributed by atoms with E-state index in [4.69, 9.17) is 4.74 Å². The molecule has 0 aliphatic heterocycles. The van der Waals surface area contributed by atoms with Crippen LogP contribution in [0.4, 0.5) is 0 Å². The molecule has 0 fully saturated rings. The fraction of sp³-hybridized carbons (Fsp3) is 0.417. The Balaban J connectivity index is 2.75. The Hall–Kier alpha value is -1.31. The summed E-state index contributed by atoms with van der Waals surface area (Å²) in [6.45, 7) is 7.40. The highest BCUT2D eigenvalue weighted by atomic mass is 16.5. The molecule has 1 aromatic rings. The van der Waals surface area contributed by atoms with Crippen LogP contribution >= 0.6 is 0 Å². The zero-order valence-electron chi connectivity index (χ0n) is 9.05. The fourth-order valence-electron chi connectivity index (χ4n) is 0.882. The first-order valence-electron chi connectivity index (χ1n) is 4.60. The van der Waals surface area contributed by atoms with Crippen LogP contribution in [0.1, 0.15) is 26.3 Å². The van der Waals surface area contributed by atoms with Crippen molar-refractivity contribution in [2.24, 2.45) is 5.41 Å². The van der Waals surface area contributed by atoms with E-state index in [-0.39, 0.29) is 5.97 Å². The number of hydrogen-bond acceptors (Lipinski definition) is 2. The average Bonchev–Trinajstić information content (AvgIpc) is 2.02. The Bertz CT molecular complexity index is 334. The van der Waals surface area contributed by atoms with E-state index in [9.17, 15) is 4.79 Å². The summed E-state index contributed by atoms with van der Waals surface area (Å²) in [7, 11) is 0. The summed E-state index contributed by atoms with van der Waals surface area (Å²) in [6, 6.07) is 8.27. The molecule has 1 aromatic carbocycles. The molecule has 0 saturated heterocycles. The lowest BCUT2D eigenvalue weighted by Crippen LogP contribution is -2.25. The van der Waals surface area contributed by atoms with Crippen molar-refractivity contribution in [2.45, 2.75) is 27.7 Å². The summed E-state index contributed by atoms with van der Waals surface area (Å²) < 4.78 is 5.20. The van der Waals surface area contributed by atoms with Gasteiger partial charge in [-0.25, -0.2) is 0 Å². The summed E-state index contributed by atoms with van der Waals surface area (Å²) in [5, 5.41) is 0. The van der Waals surface area contributed by atoms with Gasteiger partial charge in [-0.15, -0.1) is 0 Å². The minimum atomic E-state index is -0.465. The molecule has 1 rings (SSSR count). The molecule has 1 radical (unpaired) electrons. The third-order valence-electron chi connectivity index (χ3n) is 1.74. The topological polar surface area (TPSA) is 26.3 Å². The monoisotopic (exact) mass is 191 g/mol. The molecule has 0 bridgehead atoms. The highest BCUT2D eigenvalue weighted by Gasteiger charge is 2.23. The van der Waals surface area contributed by atoms with Crippen LogP contribution in [0.3, 0.4) is 0 Å². The van der Waals surface area contributed by atoms with Crippen molar-refractivity contribution in [3.8, 4) is 5.75 Å². The highest BCUT2D eigenvalue weighted by Crippen LogP contribution is 2.19. The Morgan fingerprint density at radius 1 is 1.43 bits per heavy atom. The number of aryl methyl sites for hydroxylation is 1. The molecule has 0 heterocycles. The number of carbonyl (C=O) groups excluding carboxylic acids is 1. The molecule has 0 aromatic heterocycles. The zero-order valence-corrected chi connectivity index (χ0v) is 9.05. The molecule has 14 heavy (non-hydrogen) atoms. The van der Waals surface area contributed by atoms with Crippen LogP contribution in [0, 0.1) is 18.4 Å². The van der Waals surface area contributed by atoms with Gasteiger partial charge in [0.15, 0.2) is 0 Å². The lowest BCUT2D eigenvalue weighted by atomic mass is 9.97. The van der Waals surface area contributed by atoms with Crippen LogP contribution in [-0.2, 0) is 4.79 Å². The molecular weight excluding hydrogens is 176 g/mol. The Morgan fingerprint density at radius 2 is 2.07 bits per heavy atom. The number of benzene rings is 1. The van der Waals surface area contributed by atoms with Crippen molar-refractivity contribution in [3.63, 3.8) is 0 Å². The quantitative estimate of drug-likeness (QED) is 0.504. The molecule has 0 spiro atoms. The number of esters is 1. The molecule has 2 nitrogen and oxygen atoms in total. The van der Waals surface area contributed by atoms with E-state index in [0.717, 1.165) is 5.56 Å². The van der Waals surface area contributed by atoms with Crippen molar-refractivity contribution in [1.29, 1.82) is 0 Å². The van der Waals surface area contributed by atoms with Crippen LogP contribution in [0.2, 0.25) is 0 Å². The summed E-state index contributed by atoms with van der Waals surface area (Å²) in [5.41, 5.74) is 0.497. The standard InChI is InChI=1S/C12H15O2/c1-9-6-5-7-10(8-9)14-11(13)12(2,3)4/h5,7-8H,1-4H3. The van der Waals surface area contributed by atoms with Crippen molar-refractivity contribution in [2.75, 3.05) is 0 Å². The maximum Gasteiger partial charge on any atom is 0.316 e. The number of ether oxygens (including phenoxy) is 1. The molecule has 0 aliphatic rings. The molecule has 2 heteroatoms. The SMILES string of the molecule is Cc1[c]ccc(OC(=O)C(C)(C)C)c1. The van der Waals surface area contributed by atoms with Crippen LogP contribution in [0.15, 0.2) is 18.2 Å². The van der Waals surface area contributed by atoms with Gasteiger partial charge < -0.3 is 4.74 Å². The Kier molecular flexibility index (Phi) is 2.94. The number of carbonyl (C=O) groups is 1. The molecule has 0 saturated carbocycles. The van der Waals surface area contributed by atoms with Gasteiger partial charge in [-0.3, -0.25) is 4.79 Å². The number of rotatable bonds is 1. The summed E-state index contributed by atoms with van der Waals surface area (Å²) in [5.74, 6) is 0.365. The lowest BCUT2D eigenvalue weighted by molar-refractivity contribution is -0.142. The largest absolute Gasteiger partial charge is 0.426 e. The van der Waals surface area contributed by atoms with Gasteiger partial charge >= 0.3 is 5.97 Å². The molecule has 0 unspecified atom stereocenters. The van der Waals surface area contributed by atoms with E-state index in [0.29, 0.717) is 5.75 Å². The van der Waals surface area contributed by atoms with E-state index in [1.807, 2.05) is 27.7 Å². The van der Waals surface area contributed by atoms with Crippen LogP contribution in [0.5, 0.6) is 5.75 Å². The molecule has 0 aliphatic carbocycles. The predicted molar refractivity (Wildman–Crippen MR) is 55.1 cm³/mol. The van der Waals surface area contributed by atoms with Crippen LogP contribution in [0.25, 0.3) is 0 Å². The predicted octanol–water partition coefficient (Wildman–Crippen LogP) is 2.75. The van der Waals surface area contributed by atoms with Gasteiger partial charge in [0.2, 0.25) is 0 Å². The maximum atomic E-state index is 11.5. The first kappa shape index (κ1) is 10.8. The van der Waals surface area contributed by atoms with Gasteiger partial charge in [-0.05, 0) is 51.5 Å². The zero-order chi connectivity index (χ0) is 10.8. The average molecular weight is 191 g/mol. The smallest absolute Gasteiger partial charge is 0.316 e. The van der Waals surface area contributed by atoms with E-state index < -0.39 is 5.41 Å². The summed E-state index contributed by atoms with van der Waals surface area (Å²) >= 11 is 0. The van der Waals surface area contributed by atoms with E-state index >= 15 is 0 Å². The van der Waals surface area contributed by atoms with E-state index in [1.54, 1.807) is 18.2 Å². The van der Waals surface area contributed by atoms with E-state index in [2.05, 4.69) is 6.07 Å². The Labute approximate surface area is 84.9 Å². The second kappa shape index (κ2) is 3.82. The van der Waals surface area contributed by atoms with Crippen molar-refractivity contribution < 1.29 is 9.53 Å². The van der Waals surface area contributed by atoms with Gasteiger partial charge in [-0.1, -0.05) is 6.07 Å². The third-order valence-corrected chi connectivity index (χ3v) is 1.74. The number of hydrogen-bond donors (Lipinski definition) is 0. The third kappa shape index (κ3) is 2.87. The second-order valence-electron chi connectivity index (χ2n) is 4.35. The normalized spacial score (nSPS) is 11.1. The van der Waals surface area contributed by atoms with Crippen LogP contribution < -0.4 is 4.74 Å². The first-order chi connectivity index (χ1) is 6.39. The van der Waals surface area contributed by atoms with Gasteiger partial charge in [0.25, 0.3) is 0 Å². The molecule has 0 atom stereocenters. The fourth-order valence-corrected chi connectivity index (χ4v) is 0.882. The molecule has 0 N–H and O–H groups in total. The van der Waals surface area contributed by atoms with E-state index in [1.165, 1.54) is 0 Å². The van der Waals surface area contributed by atoms with Gasteiger partial charge in [0.1, 0.15) is 5.75 Å². The summed E-state index contributed by atoms with van der Waals surface area (Å²) in [6.07, 6.45) is 0. The lowest BCUT2D eigenvalue weighted by Gasteiger charge is -2.16. The van der Waals surface area contributed by atoms with Gasteiger partial charge in [0, 0.05) is 0 Å².